The standard InChI is InChI=1S/C9H11BrN2O/c10-5-6-13-9-4-2-1-3-8(9)7-12-11/h1-4,7H,5-6,11H2. The van der Waals surface area contributed by atoms with E-state index < -0.39 is 0 Å². The summed E-state index contributed by atoms with van der Waals surface area (Å²) >= 11 is 3.29. The maximum Gasteiger partial charge on any atom is 0.128 e. The minimum atomic E-state index is 0.634. The average molecular weight is 243 g/mol. The number of nitrogens with zero attached hydrogens (tertiary/aromatic N) is 1. The van der Waals surface area contributed by atoms with Crippen LogP contribution in [0.5, 0.6) is 5.75 Å². The molecule has 70 valence electrons. The number of nitrogens with two attached hydrogens (primary N) is 1. The molecule has 0 fully saturated rings. The van der Waals surface area contributed by atoms with Crippen molar-refractivity contribution < 1.29 is 4.74 Å². The molecular formula is C9H11BrN2O. The van der Waals surface area contributed by atoms with E-state index in [4.69, 9.17) is 10.6 Å². The second-order valence-corrected chi connectivity index (χ2v) is 3.15. The van der Waals surface area contributed by atoms with Gasteiger partial charge in [0.15, 0.2) is 0 Å². The molecule has 0 aliphatic carbocycles. The quantitative estimate of drug-likeness (QED) is 0.379. The smallest absolute Gasteiger partial charge is 0.128 e. The van der Waals surface area contributed by atoms with Gasteiger partial charge in [-0.05, 0) is 12.1 Å². The summed E-state index contributed by atoms with van der Waals surface area (Å²) in [7, 11) is 0. The summed E-state index contributed by atoms with van der Waals surface area (Å²) in [6.45, 7) is 0.634. The van der Waals surface area contributed by atoms with Crippen molar-refractivity contribution in [2.24, 2.45) is 10.9 Å². The third kappa shape index (κ3) is 3.06. The highest BCUT2D eigenvalue weighted by Gasteiger charge is 1.98. The van der Waals surface area contributed by atoms with Gasteiger partial charge in [-0.2, -0.15) is 5.10 Å². The molecule has 3 nitrogen and oxygen atoms in total. The summed E-state index contributed by atoms with van der Waals surface area (Å²) in [6.07, 6.45) is 1.57. The highest BCUT2D eigenvalue weighted by Crippen LogP contribution is 2.15. The van der Waals surface area contributed by atoms with Crippen LogP contribution in [0.2, 0.25) is 0 Å². The van der Waals surface area contributed by atoms with E-state index in [0.717, 1.165) is 16.6 Å². The lowest BCUT2D eigenvalue weighted by Gasteiger charge is -2.06. The molecule has 0 radical (unpaired) electrons. The van der Waals surface area contributed by atoms with Gasteiger partial charge in [0.25, 0.3) is 0 Å². The van der Waals surface area contributed by atoms with Gasteiger partial charge in [0.1, 0.15) is 5.75 Å². The Hall–Kier alpha value is -1.03. The number of hydrogen-bond donors (Lipinski definition) is 1. The van der Waals surface area contributed by atoms with Crippen molar-refractivity contribution in [3.63, 3.8) is 0 Å². The Morgan fingerprint density at radius 2 is 2.23 bits per heavy atom. The predicted octanol–water partition coefficient (Wildman–Crippen LogP) is 1.75. The lowest BCUT2D eigenvalue weighted by molar-refractivity contribution is 0.344. The van der Waals surface area contributed by atoms with Gasteiger partial charge in [-0.15, -0.1) is 0 Å². The third-order valence-corrected chi connectivity index (χ3v) is 1.79. The fraction of sp³-hybridized carbons (Fsp3) is 0.222. The molecule has 0 spiro atoms. The topological polar surface area (TPSA) is 47.6 Å². The molecule has 1 aromatic carbocycles. The van der Waals surface area contributed by atoms with Crippen molar-refractivity contribution in [2.75, 3.05) is 11.9 Å². The molecule has 0 bridgehead atoms. The lowest BCUT2D eigenvalue weighted by atomic mass is 10.2. The first kappa shape index (κ1) is 10.1. The van der Waals surface area contributed by atoms with Gasteiger partial charge in [0.2, 0.25) is 0 Å². The van der Waals surface area contributed by atoms with Crippen LogP contribution in [0.4, 0.5) is 0 Å². The number of hydrazone groups is 1. The first-order valence-electron chi connectivity index (χ1n) is 3.89. The first-order valence-corrected chi connectivity index (χ1v) is 5.01. The molecule has 4 heteroatoms. The molecule has 2 N–H and O–H groups in total. The normalized spacial score (nSPS) is 10.5. The van der Waals surface area contributed by atoms with Crippen molar-refractivity contribution >= 4 is 22.1 Å². The van der Waals surface area contributed by atoms with E-state index in [2.05, 4.69) is 21.0 Å². The molecule has 0 amide bonds. The zero-order valence-electron chi connectivity index (χ0n) is 7.11. The molecule has 13 heavy (non-hydrogen) atoms. The fourth-order valence-corrected chi connectivity index (χ4v) is 1.11. The molecule has 0 heterocycles. The minimum absolute atomic E-state index is 0.634. The van der Waals surface area contributed by atoms with Crippen molar-refractivity contribution in [3.8, 4) is 5.75 Å². The Bertz CT molecular complexity index is 289. The average Bonchev–Trinajstić information content (AvgIpc) is 2.17. The van der Waals surface area contributed by atoms with E-state index in [0.29, 0.717) is 6.61 Å². The van der Waals surface area contributed by atoms with E-state index in [-0.39, 0.29) is 0 Å². The Labute approximate surface area is 85.7 Å². The molecule has 0 atom stereocenters. The van der Waals surface area contributed by atoms with Crippen molar-refractivity contribution in [3.05, 3.63) is 29.8 Å². The van der Waals surface area contributed by atoms with E-state index in [9.17, 15) is 0 Å². The molecule has 0 aliphatic heterocycles. The molecule has 0 aromatic heterocycles. The number of ether oxygens (including phenoxy) is 1. The summed E-state index contributed by atoms with van der Waals surface area (Å²) in [6, 6.07) is 7.62. The van der Waals surface area contributed by atoms with Crippen LogP contribution in [0.3, 0.4) is 0 Å². The van der Waals surface area contributed by atoms with Gasteiger partial charge < -0.3 is 10.6 Å². The van der Waals surface area contributed by atoms with Crippen molar-refractivity contribution in [2.45, 2.75) is 0 Å². The molecule has 1 rings (SSSR count). The van der Waals surface area contributed by atoms with E-state index in [1.165, 1.54) is 0 Å². The van der Waals surface area contributed by atoms with Crippen LogP contribution in [-0.4, -0.2) is 18.2 Å². The van der Waals surface area contributed by atoms with Crippen LogP contribution in [0.15, 0.2) is 29.4 Å². The predicted molar refractivity (Wildman–Crippen MR) is 57.5 cm³/mol. The summed E-state index contributed by atoms with van der Waals surface area (Å²) in [5.41, 5.74) is 0.894. The molecule has 0 saturated carbocycles. The highest BCUT2D eigenvalue weighted by atomic mass is 79.9. The minimum Gasteiger partial charge on any atom is -0.492 e. The number of rotatable bonds is 4. The van der Waals surface area contributed by atoms with E-state index in [1.807, 2.05) is 24.3 Å². The lowest BCUT2D eigenvalue weighted by Crippen LogP contribution is -2.00. The molecule has 0 saturated heterocycles. The SMILES string of the molecule is NN=Cc1ccccc1OCCBr. The molecule has 0 unspecified atom stereocenters. The summed E-state index contributed by atoms with van der Waals surface area (Å²) < 4.78 is 5.45. The van der Waals surface area contributed by atoms with Crippen LogP contribution >= 0.6 is 15.9 Å². The number of alkyl halides is 1. The van der Waals surface area contributed by atoms with Crippen molar-refractivity contribution in [1.82, 2.24) is 0 Å². The van der Waals surface area contributed by atoms with Crippen LogP contribution in [0, 0.1) is 0 Å². The number of benzene rings is 1. The molecule has 1 aromatic rings. The maximum atomic E-state index is 5.45. The second-order valence-electron chi connectivity index (χ2n) is 2.35. The van der Waals surface area contributed by atoms with Crippen molar-refractivity contribution in [1.29, 1.82) is 0 Å². The fourth-order valence-electron chi connectivity index (χ4n) is 0.947. The third-order valence-electron chi connectivity index (χ3n) is 1.47. The first-order chi connectivity index (χ1) is 6.38. The monoisotopic (exact) mass is 242 g/mol. The Morgan fingerprint density at radius 3 is 2.92 bits per heavy atom. The number of para-hydroxylation sites is 1. The van der Waals surface area contributed by atoms with Gasteiger partial charge >= 0.3 is 0 Å². The van der Waals surface area contributed by atoms with Gasteiger partial charge in [-0.25, -0.2) is 0 Å². The highest BCUT2D eigenvalue weighted by molar-refractivity contribution is 9.09. The van der Waals surface area contributed by atoms with Gasteiger partial charge in [-0.1, -0.05) is 28.1 Å². The zero-order valence-corrected chi connectivity index (χ0v) is 8.70. The number of halogens is 1. The van der Waals surface area contributed by atoms with Crippen LogP contribution in [0.25, 0.3) is 0 Å². The Kier molecular flexibility index (Phi) is 4.32. The summed E-state index contributed by atoms with van der Waals surface area (Å²) in [5, 5.41) is 4.26. The number of hydrogen-bond acceptors (Lipinski definition) is 3. The van der Waals surface area contributed by atoms with E-state index >= 15 is 0 Å². The summed E-state index contributed by atoms with van der Waals surface area (Å²) in [5.74, 6) is 5.86. The second kappa shape index (κ2) is 5.59. The molecule has 0 aliphatic rings. The van der Waals surface area contributed by atoms with E-state index in [1.54, 1.807) is 6.21 Å². The Balaban J connectivity index is 2.78. The van der Waals surface area contributed by atoms with Gasteiger partial charge in [0.05, 0.1) is 12.8 Å². The van der Waals surface area contributed by atoms with Crippen LogP contribution < -0.4 is 10.6 Å². The largest absolute Gasteiger partial charge is 0.492 e. The van der Waals surface area contributed by atoms with Gasteiger partial charge in [-0.3, -0.25) is 0 Å². The Morgan fingerprint density at radius 1 is 1.46 bits per heavy atom. The zero-order chi connectivity index (χ0) is 9.52. The molecular weight excluding hydrogens is 232 g/mol. The van der Waals surface area contributed by atoms with Gasteiger partial charge in [0, 0.05) is 10.9 Å². The van der Waals surface area contributed by atoms with Crippen LogP contribution in [-0.2, 0) is 0 Å². The van der Waals surface area contributed by atoms with Crippen LogP contribution in [0.1, 0.15) is 5.56 Å². The maximum absolute atomic E-state index is 5.45. The summed E-state index contributed by atoms with van der Waals surface area (Å²) in [4.78, 5) is 0.